The number of aryl methyl sites for hydroxylation is 1. The van der Waals surface area contributed by atoms with Crippen molar-refractivity contribution in [1.82, 2.24) is 9.97 Å². The first-order chi connectivity index (χ1) is 9.36. The Labute approximate surface area is 120 Å². The highest BCUT2D eigenvalue weighted by molar-refractivity contribution is 7.91. The molecule has 0 aliphatic rings. The summed E-state index contributed by atoms with van der Waals surface area (Å²) in [5.41, 5.74) is 7.98. The molecule has 0 saturated carbocycles. The molecule has 2 aromatic heterocycles. The van der Waals surface area contributed by atoms with Crippen molar-refractivity contribution in [2.24, 2.45) is 0 Å². The van der Waals surface area contributed by atoms with Gasteiger partial charge in [0.1, 0.15) is 11.3 Å². The van der Waals surface area contributed by atoms with Crippen LogP contribution in [0.4, 0.5) is 5.00 Å². The summed E-state index contributed by atoms with van der Waals surface area (Å²) in [6.07, 6.45) is 1.19. The number of aromatic nitrogens is 2. The number of nitrogens with two attached hydrogens (primary N) is 1. The Kier molecular flexibility index (Phi) is 2.84. The van der Waals surface area contributed by atoms with Crippen LogP contribution in [0, 0.1) is 6.92 Å². The number of H-pyrrole nitrogens is 1. The highest BCUT2D eigenvalue weighted by Gasteiger charge is 2.17. The van der Waals surface area contributed by atoms with Crippen molar-refractivity contribution in [3.05, 3.63) is 29.8 Å². The molecule has 0 bridgehead atoms. The van der Waals surface area contributed by atoms with Crippen LogP contribution in [0.5, 0.6) is 0 Å². The third-order valence-corrected chi connectivity index (χ3v) is 5.23. The van der Waals surface area contributed by atoms with E-state index in [-0.39, 0.29) is 4.90 Å². The summed E-state index contributed by atoms with van der Waals surface area (Å²) in [5.74, 6) is 0.648. The summed E-state index contributed by atoms with van der Waals surface area (Å²) in [5, 5.41) is 0.710. The van der Waals surface area contributed by atoms with E-state index in [1.807, 2.05) is 19.1 Å². The summed E-state index contributed by atoms with van der Waals surface area (Å²) < 4.78 is 23.6. The van der Waals surface area contributed by atoms with Crippen LogP contribution in [-0.2, 0) is 9.84 Å². The lowest BCUT2D eigenvalue weighted by atomic mass is 10.3. The van der Waals surface area contributed by atoms with Crippen LogP contribution in [0.3, 0.4) is 0 Å². The maximum absolute atomic E-state index is 11.8. The van der Waals surface area contributed by atoms with Crippen molar-refractivity contribution in [3.63, 3.8) is 0 Å². The van der Waals surface area contributed by atoms with Crippen molar-refractivity contribution in [2.75, 3.05) is 12.0 Å². The molecule has 1 aromatic carbocycles. The van der Waals surface area contributed by atoms with Gasteiger partial charge in [-0.05, 0) is 30.7 Å². The Morgan fingerprint density at radius 3 is 2.70 bits per heavy atom. The highest BCUT2D eigenvalue weighted by Crippen LogP contribution is 2.34. The molecular weight excluding hydrogens is 294 g/mol. The van der Waals surface area contributed by atoms with Gasteiger partial charge in [0, 0.05) is 6.26 Å². The van der Waals surface area contributed by atoms with E-state index in [2.05, 4.69) is 9.97 Å². The molecule has 5 nitrogen and oxygen atoms in total. The van der Waals surface area contributed by atoms with E-state index < -0.39 is 9.84 Å². The molecule has 0 unspecified atom stereocenters. The van der Waals surface area contributed by atoms with Gasteiger partial charge in [-0.25, -0.2) is 13.4 Å². The van der Waals surface area contributed by atoms with Gasteiger partial charge in [0.15, 0.2) is 9.84 Å². The second-order valence-corrected chi connectivity index (χ2v) is 7.74. The minimum atomic E-state index is -3.31. The first-order valence-corrected chi connectivity index (χ1v) is 8.62. The van der Waals surface area contributed by atoms with Gasteiger partial charge in [0.25, 0.3) is 0 Å². The monoisotopic (exact) mass is 307 g/mol. The molecule has 0 spiro atoms. The summed E-state index contributed by atoms with van der Waals surface area (Å²) in [4.78, 5) is 8.77. The van der Waals surface area contributed by atoms with Crippen LogP contribution in [0.2, 0.25) is 0 Å². The number of imidazole rings is 1. The smallest absolute Gasteiger partial charge is 0.177 e. The van der Waals surface area contributed by atoms with E-state index in [0.717, 1.165) is 10.4 Å². The van der Waals surface area contributed by atoms with E-state index in [0.29, 0.717) is 21.9 Å². The number of thiophene rings is 1. The predicted octanol–water partition coefficient (Wildman–Crippen LogP) is 2.59. The number of fused-ring (bicyclic) bond motifs is 1. The van der Waals surface area contributed by atoms with Crippen LogP contribution in [-0.4, -0.2) is 24.6 Å². The van der Waals surface area contributed by atoms with E-state index in [9.17, 15) is 8.42 Å². The SMILES string of the molecule is Cc1cc(N)sc1-c1nc2c(S(C)(=O)=O)cccc2[nH]1. The lowest BCUT2D eigenvalue weighted by molar-refractivity contribution is 0.602. The Hall–Kier alpha value is -1.86. The van der Waals surface area contributed by atoms with Gasteiger partial charge in [0.2, 0.25) is 0 Å². The molecule has 0 aliphatic carbocycles. The molecule has 0 saturated heterocycles. The van der Waals surface area contributed by atoms with Gasteiger partial charge in [-0.15, -0.1) is 11.3 Å². The van der Waals surface area contributed by atoms with Crippen molar-refractivity contribution in [1.29, 1.82) is 0 Å². The standard InChI is InChI=1S/C13H13N3O2S2/c1-7-6-10(14)19-12(7)13-15-8-4-3-5-9(11(8)16-13)20(2,17)18/h3-6H,14H2,1-2H3,(H,15,16). The summed E-state index contributed by atoms with van der Waals surface area (Å²) in [6.45, 7) is 1.95. The fraction of sp³-hybridized carbons (Fsp3) is 0.154. The molecule has 0 fully saturated rings. The molecule has 2 heterocycles. The van der Waals surface area contributed by atoms with Crippen LogP contribution in [0.15, 0.2) is 29.2 Å². The molecule has 0 radical (unpaired) electrons. The van der Waals surface area contributed by atoms with Gasteiger partial charge >= 0.3 is 0 Å². The zero-order valence-electron chi connectivity index (χ0n) is 11.0. The number of hydrogen-bond acceptors (Lipinski definition) is 5. The number of nitrogens with one attached hydrogen (secondary N) is 1. The molecule has 3 aromatic rings. The Morgan fingerprint density at radius 2 is 2.10 bits per heavy atom. The topological polar surface area (TPSA) is 88.8 Å². The highest BCUT2D eigenvalue weighted by atomic mass is 32.2. The summed E-state index contributed by atoms with van der Waals surface area (Å²) >= 11 is 1.43. The van der Waals surface area contributed by atoms with Crippen LogP contribution in [0.25, 0.3) is 21.7 Å². The van der Waals surface area contributed by atoms with Crippen molar-refractivity contribution >= 4 is 37.2 Å². The number of anilines is 1. The van der Waals surface area contributed by atoms with Gasteiger partial charge in [-0.2, -0.15) is 0 Å². The Morgan fingerprint density at radius 1 is 1.35 bits per heavy atom. The summed E-state index contributed by atoms with van der Waals surface area (Å²) in [7, 11) is -3.31. The minimum Gasteiger partial charge on any atom is -0.391 e. The number of nitrogen functional groups attached to an aromatic ring is 1. The first kappa shape index (κ1) is 13.1. The maximum atomic E-state index is 11.8. The molecule has 3 N–H and O–H groups in total. The molecule has 0 aliphatic heterocycles. The van der Waals surface area contributed by atoms with Crippen molar-refractivity contribution in [2.45, 2.75) is 11.8 Å². The second kappa shape index (κ2) is 4.32. The number of aromatic amines is 1. The van der Waals surface area contributed by atoms with Gasteiger partial charge < -0.3 is 10.7 Å². The number of rotatable bonds is 2. The third kappa shape index (κ3) is 2.08. The number of sulfone groups is 1. The van der Waals surface area contributed by atoms with E-state index in [4.69, 9.17) is 5.73 Å². The minimum absolute atomic E-state index is 0.236. The quantitative estimate of drug-likeness (QED) is 0.761. The Bertz CT molecular complexity index is 907. The zero-order valence-corrected chi connectivity index (χ0v) is 12.6. The maximum Gasteiger partial charge on any atom is 0.177 e. The van der Waals surface area contributed by atoms with Gasteiger partial charge in [-0.3, -0.25) is 0 Å². The predicted molar refractivity (Wildman–Crippen MR) is 81.7 cm³/mol. The molecule has 3 rings (SSSR count). The zero-order chi connectivity index (χ0) is 14.5. The van der Waals surface area contributed by atoms with Crippen LogP contribution >= 0.6 is 11.3 Å². The lowest BCUT2D eigenvalue weighted by Gasteiger charge is -1.97. The average Bonchev–Trinajstić information content (AvgIpc) is 2.89. The number of hydrogen-bond donors (Lipinski definition) is 2. The molecule has 0 atom stereocenters. The lowest BCUT2D eigenvalue weighted by Crippen LogP contribution is -1.97. The Balaban J connectivity index is 2.29. The largest absolute Gasteiger partial charge is 0.391 e. The normalized spacial score (nSPS) is 12.1. The summed E-state index contributed by atoms with van der Waals surface area (Å²) in [6, 6.07) is 6.96. The number of para-hydroxylation sites is 1. The van der Waals surface area contributed by atoms with E-state index in [1.165, 1.54) is 17.6 Å². The van der Waals surface area contributed by atoms with Gasteiger partial charge in [-0.1, -0.05) is 6.07 Å². The van der Waals surface area contributed by atoms with Crippen molar-refractivity contribution in [3.8, 4) is 10.7 Å². The fourth-order valence-corrected chi connectivity index (χ4v) is 3.87. The number of nitrogens with zero attached hydrogens (tertiary/aromatic N) is 1. The fourth-order valence-electron chi connectivity index (χ4n) is 2.15. The van der Waals surface area contributed by atoms with Gasteiger partial charge in [0.05, 0.1) is 20.3 Å². The van der Waals surface area contributed by atoms with Crippen LogP contribution < -0.4 is 5.73 Å². The second-order valence-electron chi connectivity index (χ2n) is 4.67. The molecule has 0 amide bonds. The molecule has 20 heavy (non-hydrogen) atoms. The third-order valence-electron chi connectivity index (χ3n) is 3.03. The van der Waals surface area contributed by atoms with E-state index in [1.54, 1.807) is 12.1 Å². The van der Waals surface area contributed by atoms with E-state index >= 15 is 0 Å². The molecule has 7 heteroatoms. The first-order valence-electron chi connectivity index (χ1n) is 5.91. The van der Waals surface area contributed by atoms with Crippen LogP contribution in [0.1, 0.15) is 5.56 Å². The average molecular weight is 307 g/mol. The number of benzene rings is 1. The molecule has 104 valence electrons. The van der Waals surface area contributed by atoms with Crippen molar-refractivity contribution < 1.29 is 8.42 Å². The molecular formula is C13H13N3O2S2.